The van der Waals surface area contributed by atoms with E-state index in [0.29, 0.717) is 56.5 Å². The van der Waals surface area contributed by atoms with Gasteiger partial charge < -0.3 is 35.7 Å². The van der Waals surface area contributed by atoms with Crippen molar-refractivity contribution in [3.8, 4) is 11.5 Å². The molecule has 0 radical (unpaired) electrons. The Kier molecular flexibility index (Phi) is 15.5. The number of hydrogen-bond donors (Lipinski definition) is 5. The first-order valence-corrected chi connectivity index (χ1v) is 14.3. The van der Waals surface area contributed by atoms with Crippen LogP contribution in [0.25, 0.3) is 10.8 Å². The third-order valence-corrected chi connectivity index (χ3v) is 5.91. The van der Waals surface area contributed by atoms with Gasteiger partial charge in [-0.25, -0.2) is 4.79 Å². The van der Waals surface area contributed by atoms with Crippen molar-refractivity contribution in [3.05, 3.63) is 72.3 Å². The molecule has 0 aromatic heterocycles. The number of fused-ring (bicyclic) bond motifs is 1. The van der Waals surface area contributed by atoms with Gasteiger partial charge in [-0.15, -0.1) is 0 Å². The predicted molar refractivity (Wildman–Crippen MR) is 165 cm³/mol. The van der Waals surface area contributed by atoms with Gasteiger partial charge in [0.25, 0.3) is 0 Å². The van der Waals surface area contributed by atoms with Crippen LogP contribution in [0.1, 0.15) is 56.8 Å². The molecule has 228 valence electrons. The fourth-order valence-corrected chi connectivity index (χ4v) is 3.79. The lowest BCUT2D eigenvalue weighted by atomic mass is 10.1. The molecule has 0 fully saturated rings. The van der Waals surface area contributed by atoms with E-state index in [1.165, 1.54) is 0 Å². The fourth-order valence-electron chi connectivity index (χ4n) is 3.79. The van der Waals surface area contributed by atoms with E-state index in [1.807, 2.05) is 30.3 Å². The van der Waals surface area contributed by atoms with E-state index in [2.05, 4.69) is 36.6 Å². The first-order valence-electron chi connectivity index (χ1n) is 14.3. The van der Waals surface area contributed by atoms with Gasteiger partial charge in [0.2, 0.25) is 0 Å². The number of nitrogens with two attached hydrogens (primary N) is 1. The van der Waals surface area contributed by atoms with Gasteiger partial charge in [0.1, 0.15) is 24.2 Å². The molecule has 10 heteroatoms. The number of rotatable bonds is 15. The monoisotopic (exact) mass is 580 g/mol. The van der Waals surface area contributed by atoms with Crippen molar-refractivity contribution in [2.45, 2.75) is 58.6 Å². The van der Waals surface area contributed by atoms with Crippen molar-refractivity contribution in [3.63, 3.8) is 0 Å². The lowest BCUT2D eigenvalue weighted by Crippen LogP contribution is -2.35. The zero-order valence-corrected chi connectivity index (χ0v) is 24.7. The first kappa shape index (κ1) is 34.1. The van der Waals surface area contributed by atoms with Crippen molar-refractivity contribution >= 4 is 28.7 Å². The van der Waals surface area contributed by atoms with Crippen molar-refractivity contribution < 1.29 is 28.9 Å². The molecule has 0 amide bonds. The Morgan fingerprint density at radius 1 is 0.976 bits per heavy atom. The summed E-state index contributed by atoms with van der Waals surface area (Å²) in [7, 11) is 0. The van der Waals surface area contributed by atoms with E-state index in [0.717, 1.165) is 29.4 Å². The second-order valence-electron chi connectivity index (χ2n) is 9.88. The van der Waals surface area contributed by atoms with Crippen molar-refractivity contribution in [2.75, 3.05) is 26.3 Å². The smallest absolute Gasteiger partial charge is 0.338 e. The maximum Gasteiger partial charge on any atom is 0.338 e. The first-order chi connectivity index (χ1) is 20.2. The third-order valence-electron chi connectivity index (χ3n) is 5.91. The Hall–Kier alpha value is -4.15. The van der Waals surface area contributed by atoms with Crippen LogP contribution in [0.4, 0.5) is 0 Å². The van der Waals surface area contributed by atoms with Crippen LogP contribution < -0.4 is 25.8 Å². The average molecular weight is 581 g/mol. The summed E-state index contributed by atoms with van der Waals surface area (Å²) in [4.78, 5) is 23.2. The van der Waals surface area contributed by atoms with Gasteiger partial charge in [-0.2, -0.15) is 0 Å². The number of benzene rings is 3. The molecular formula is C32H44N4O6. The van der Waals surface area contributed by atoms with Gasteiger partial charge in [0.15, 0.2) is 5.96 Å². The number of carbonyl (C=O) groups is 2. The number of ether oxygens (including phenoxy) is 3. The number of unbranched alkanes of at least 4 members (excludes halogenated alkanes) is 2. The van der Waals surface area contributed by atoms with Gasteiger partial charge >= 0.3 is 11.9 Å². The SMILES string of the molecule is CC(C)NCC(O)COc1cccc2ccccc12.CCOC(=O)c1ccc(OC(=O)CCCCCNC(=N)N)cc1. The molecular weight excluding hydrogens is 536 g/mol. The summed E-state index contributed by atoms with van der Waals surface area (Å²) in [6.45, 7) is 7.63. The molecule has 0 saturated carbocycles. The van der Waals surface area contributed by atoms with Crippen LogP contribution in [0.3, 0.4) is 0 Å². The molecule has 3 rings (SSSR count). The van der Waals surface area contributed by atoms with E-state index in [9.17, 15) is 14.7 Å². The molecule has 0 aliphatic carbocycles. The number of aliphatic hydroxyl groups is 1. The minimum Gasteiger partial charge on any atom is -0.490 e. The maximum absolute atomic E-state index is 11.7. The van der Waals surface area contributed by atoms with Crippen molar-refractivity contribution in [1.82, 2.24) is 10.6 Å². The molecule has 6 N–H and O–H groups in total. The van der Waals surface area contributed by atoms with E-state index in [1.54, 1.807) is 31.2 Å². The highest BCUT2D eigenvalue weighted by molar-refractivity contribution is 5.89. The van der Waals surface area contributed by atoms with Crippen LogP contribution in [-0.4, -0.2) is 61.5 Å². The maximum atomic E-state index is 11.7. The van der Waals surface area contributed by atoms with Crippen molar-refractivity contribution in [2.24, 2.45) is 5.73 Å². The zero-order valence-electron chi connectivity index (χ0n) is 24.7. The van der Waals surface area contributed by atoms with E-state index in [4.69, 9.17) is 25.4 Å². The van der Waals surface area contributed by atoms with Gasteiger partial charge in [-0.3, -0.25) is 10.2 Å². The summed E-state index contributed by atoms with van der Waals surface area (Å²) in [6.07, 6.45) is 2.21. The topological polar surface area (TPSA) is 156 Å². The average Bonchev–Trinajstić information content (AvgIpc) is 2.97. The number of hydrogen-bond acceptors (Lipinski definition) is 8. The zero-order chi connectivity index (χ0) is 30.7. The summed E-state index contributed by atoms with van der Waals surface area (Å²) < 4.78 is 15.8. The summed E-state index contributed by atoms with van der Waals surface area (Å²) in [6, 6.07) is 20.7. The Balaban J connectivity index is 0.000000298. The van der Waals surface area contributed by atoms with Crippen LogP contribution in [-0.2, 0) is 9.53 Å². The summed E-state index contributed by atoms with van der Waals surface area (Å²) in [5.41, 5.74) is 5.58. The molecule has 0 aliphatic rings. The number of esters is 2. The highest BCUT2D eigenvalue weighted by Crippen LogP contribution is 2.25. The summed E-state index contributed by atoms with van der Waals surface area (Å²) in [5.74, 6) is 0.469. The van der Waals surface area contributed by atoms with Gasteiger partial charge in [0.05, 0.1) is 12.2 Å². The van der Waals surface area contributed by atoms with E-state index < -0.39 is 12.1 Å². The Labute approximate surface area is 248 Å². The molecule has 3 aromatic rings. The Morgan fingerprint density at radius 2 is 1.69 bits per heavy atom. The lowest BCUT2D eigenvalue weighted by molar-refractivity contribution is -0.134. The standard InChI is InChI=1S/C16H23N3O4.C16H21NO2/c1-2-22-15(21)12-7-9-13(10-8-12)23-14(20)6-4-3-5-11-19-16(17)18;1-12(2)17-10-14(18)11-19-16-9-5-7-13-6-3-4-8-15(13)16/h7-10H,2-6,11H2,1H3,(H4,17,18,19);3-9,12,14,17-18H,10-11H2,1-2H3. The summed E-state index contributed by atoms with van der Waals surface area (Å²) >= 11 is 0. The predicted octanol–water partition coefficient (Wildman–Crippen LogP) is 4.39. The fraction of sp³-hybridized carbons (Fsp3) is 0.406. The number of aliphatic hydroxyl groups excluding tert-OH is 1. The lowest BCUT2D eigenvalue weighted by Gasteiger charge is -2.15. The summed E-state index contributed by atoms with van der Waals surface area (Å²) in [5, 5.41) is 25.0. The number of guanidine groups is 1. The second-order valence-corrected chi connectivity index (χ2v) is 9.88. The van der Waals surface area contributed by atoms with Gasteiger partial charge in [0, 0.05) is 30.9 Å². The third kappa shape index (κ3) is 13.5. The molecule has 0 saturated heterocycles. The second kappa shape index (κ2) is 19.1. The van der Waals surface area contributed by atoms with Crippen LogP contribution in [0.2, 0.25) is 0 Å². The largest absolute Gasteiger partial charge is 0.490 e. The quantitative estimate of drug-likeness (QED) is 0.0578. The number of nitrogens with one attached hydrogen (secondary N) is 3. The highest BCUT2D eigenvalue weighted by Gasteiger charge is 2.09. The van der Waals surface area contributed by atoms with Crippen molar-refractivity contribution in [1.29, 1.82) is 5.41 Å². The molecule has 0 spiro atoms. The highest BCUT2D eigenvalue weighted by atomic mass is 16.5. The van der Waals surface area contributed by atoms with Gasteiger partial charge in [-0.1, -0.05) is 56.7 Å². The van der Waals surface area contributed by atoms with Crippen LogP contribution >= 0.6 is 0 Å². The molecule has 3 aromatic carbocycles. The Morgan fingerprint density at radius 3 is 2.38 bits per heavy atom. The minimum absolute atomic E-state index is 0.0457. The normalized spacial score (nSPS) is 11.3. The van der Waals surface area contributed by atoms with E-state index >= 15 is 0 Å². The van der Waals surface area contributed by atoms with Crippen LogP contribution in [0.15, 0.2) is 66.7 Å². The molecule has 0 aliphatic heterocycles. The molecule has 0 bridgehead atoms. The Bertz CT molecular complexity index is 1240. The molecule has 1 unspecified atom stereocenters. The molecule has 1 atom stereocenters. The van der Waals surface area contributed by atoms with Gasteiger partial charge in [-0.05, 0) is 55.5 Å². The molecule has 0 heterocycles. The van der Waals surface area contributed by atoms with Crippen LogP contribution in [0, 0.1) is 5.41 Å². The minimum atomic E-state index is -0.499. The van der Waals surface area contributed by atoms with Crippen LogP contribution in [0.5, 0.6) is 11.5 Å². The van der Waals surface area contributed by atoms with E-state index in [-0.39, 0.29) is 11.9 Å². The molecule has 42 heavy (non-hydrogen) atoms. The number of carbonyl (C=O) groups excluding carboxylic acids is 2. The molecule has 10 nitrogen and oxygen atoms in total.